The van der Waals surface area contributed by atoms with E-state index in [1.807, 2.05) is 56.3 Å². The Morgan fingerprint density at radius 1 is 0.722 bits per heavy atom. The molecule has 0 heterocycles. The summed E-state index contributed by atoms with van der Waals surface area (Å²) < 4.78 is 33.6. The molecule has 4 rings (SSSR count). The van der Waals surface area contributed by atoms with Crippen molar-refractivity contribution in [3.8, 4) is 0 Å². The number of rotatable bonds is 8. The second-order valence-electron chi connectivity index (χ2n) is 8.80. The van der Waals surface area contributed by atoms with Crippen molar-refractivity contribution in [3.05, 3.63) is 132 Å². The molecule has 0 aromatic heterocycles. The average molecular weight is 499 g/mol. The van der Waals surface area contributed by atoms with Crippen molar-refractivity contribution >= 4 is 29.5 Å². The van der Waals surface area contributed by atoms with E-state index in [9.17, 15) is 13.8 Å². The van der Waals surface area contributed by atoms with E-state index in [0.29, 0.717) is 27.4 Å². The monoisotopic (exact) mass is 498 g/mol. The fourth-order valence-electron chi connectivity index (χ4n) is 3.96. The molecule has 4 aromatic rings. The number of nitrogens with zero attached hydrogens (tertiary/aromatic N) is 1. The van der Waals surface area contributed by atoms with Gasteiger partial charge in [0, 0.05) is 16.2 Å². The quantitative estimate of drug-likeness (QED) is 0.239. The van der Waals surface area contributed by atoms with Crippen LogP contribution in [0.4, 0.5) is 4.39 Å². The van der Waals surface area contributed by atoms with Gasteiger partial charge in [-0.15, -0.1) is 0 Å². The minimum Gasteiger partial charge on any atom is -0.343 e. The second-order valence-corrected chi connectivity index (χ2v) is 11.2. The zero-order valence-electron chi connectivity index (χ0n) is 20.2. The molecular formula is C30H28FN2O2P. The summed E-state index contributed by atoms with van der Waals surface area (Å²) in [4.78, 5) is 13.2. The maximum absolute atomic E-state index is 14.8. The van der Waals surface area contributed by atoms with Gasteiger partial charge in [0.25, 0.3) is 5.91 Å². The van der Waals surface area contributed by atoms with Gasteiger partial charge < -0.3 is 5.32 Å². The first-order chi connectivity index (χ1) is 17.4. The van der Waals surface area contributed by atoms with Gasteiger partial charge in [0.1, 0.15) is 5.82 Å². The summed E-state index contributed by atoms with van der Waals surface area (Å²) in [5, 5.41) is 4.24. The van der Waals surface area contributed by atoms with Gasteiger partial charge in [-0.1, -0.05) is 80.6 Å². The lowest BCUT2D eigenvalue weighted by Crippen LogP contribution is -2.45. The van der Waals surface area contributed by atoms with Crippen LogP contribution in [-0.4, -0.2) is 17.7 Å². The smallest absolute Gasteiger partial charge is 0.251 e. The highest BCUT2D eigenvalue weighted by molar-refractivity contribution is 7.77. The van der Waals surface area contributed by atoms with Crippen LogP contribution < -0.4 is 15.9 Å². The third kappa shape index (κ3) is 5.69. The summed E-state index contributed by atoms with van der Waals surface area (Å²) in [6, 6.07) is 32.5. The van der Waals surface area contributed by atoms with E-state index in [0.717, 1.165) is 0 Å². The summed E-state index contributed by atoms with van der Waals surface area (Å²) >= 11 is 0. The molecule has 0 radical (unpaired) electrons. The molecule has 0 saturated carbocycles. The van der Waals surface area contributed by atoms with Gasteiger partial charge in [0.05, 0.1) is 11.8 Å². The number of halogens is 1. The van der Waals surface area contributed by atoms with Gasteiger partial charge in [0.2, 0.25) is 7.29 Å². The number of carbonyl (C=O) groups is 1. The summed E-state index contributed by atoms with van der Waals surface area (Å²) in [6.07, 6.45) is 0. The first-order valence-electron chi connectivity index (χ1n) is 11.8. The molecule has 1 atom stereocenters. The topological polar surface area (TPSA) is 58.5 Å². The van der Waals surface area contributed by atoms with Crippen LogP contribution >= 0.6 is 7.29 Å². The maximum Gasteiger partial charge on any atom is 0.251 e. The Bertz CT molecular complexity index is 1330. The van der Waals surface area contributed by atoms with E-state index in [1.54, 1.807) is 60.7 Å². The average Bonchev–Trinajstić information content (AvgIpc) is 2.92. The Morgan fingerprint density at radius 2 is 1.19 bits per heavy atom. The zero-order valence-corrected chi connectivity index (χ0v) is 21.1. The Labute approximate surface area is 211 Å². The first kappa shape index (κ1) is 25.3. The molecule has 0 aliphatic carbocycles. The van der Waals surface area contributed by atoms with Crippen LogP contribution in [0.1, 0.15) is 29.8 Å². The molecule has 4 nitrogen and oxygen atoms in total. The summed E-state index contributed by atoms with van der Waals surface area (Å²) in [5.41, 5.74) is 1.54. The molecule has 182 valence electrons. The van der Waals surface area contributed by atoms with Crippen molar-refractivity contribution in [3.63, 3.8) is 0 Å². The van der Waals surface area contributed by atoms with Gasteiger partial charge in [0.15, 0.2) is 0 Å². The van der Waals surface area contributed by atoms with Crippen LogP contribution in [-0.2, 0) is 4.57 Å². The fraction of sp³-hybridized carbons (Fsp3) is 0.133. The lowest BCUT2D eigenvalue weighted by molar-refractivity contribution is 0.0939. The standard InChI is InChI=1S/C30H28FN2O2P/c1-22(2)28(32-30(34)24-12-6-3-7-13-24)29(23-18-20-25(31)21-19-23)33-36(35,26-14-8-4-9-15-26)27-16-10-5-11-17-27/h3-22,28H,1-2H3,(H,32,34)/b33-29-/t28-/m0/s1. The lowest BCUT2D eigenvalue weighted by Gasteiger charge is -2.27. The van der Waals surface area contributed by atoms with Crippen molar-refractivity contribution < 1.29 is 13.8 Å². The Balaban J connectivity index is 1.91. The normalized spacial score (nSPS) is 12.8. The Morgan fingerprint density at radius 3 is 1.67 bits per heavy atom. The molecule has 0 fully saturated rings. The van der Waals surface area contributed by atoms with Gasteiger partial charge in [-0.3, -0.25) is 9.36 Å². The van der Waals surface area contributed by atoms with E-state index in [-0.39, 0.29) is 17.6 Å². The first-order valence-corrected chi connectivity index (χ1v) is 13.5. The van der Waals surface area contributed by atoms with E-state index >= 15 is 0 Å². The van der Waals surface area contributed by atoms with Crippen molar-refractivity contribution in [2.24, 2.45) is 10.7 Å². The molecule has 0 saturated heterocycles. The lowest BCUT2D eigenvalue weighted by atomic mass is 9.94. The molecule has 36 heavy (non-hydrogen) atoms. The van der Waals surface area contributed by atoms with Gasteiger partial charge >= 0.3 is 0 Å². The molecule has 1 N–H and O–H groups in total. The number of hydrogen-bond donors (Lipinski definition) is 1. The summed E-state index contributed by atoms with van der Waals surface area (Å²) in [6.45, 7) is 3.93. The molecule has 0 aliphatic heterocycles. The molecule has 0 spiro atoms. The van der Waals surface area contributed by atoms with Crippen LogP contribution in [0.5, 0.6) is 0 Å². The predicted octanol–water partition coefficient (Wildman–Crippen LogP) is 6.00. The van der Waals surface area contributed by atoms with E-state index in [4.69, 9.17) is 4.76 Å². The molecule has 6 heteroatoms. The predicted molar refractivity (Wildman–Crippen MR) is 145 cm³/mol. The van der Waals surface area contributed by atoms with Crippen molar-refractivity contribution in [2.75, 3.05) is 0 Å². The largest absolute Gasteiger partial charge is 0.343 e. The van der Waals surface area contributed by atoms with Gasteiger partial charge in [-0.05, 0) is 60.0 Å². The van der Waals surface area contributed by atoms with Crippen molar-refractivity contribution in [1.82, 2.24) is 5.32 Å². The number of carbonyl (C=O) groups excluding carboxylic acids is 1. The maximum atomic E-state index is 14.8. The molecule has 1 amide bonds. The fourth-order valence-corrected chi connectivity index (χ4v) is 6.19. The Hall–Kier alpha value is -3.82. The van der Waals surface area contributed by atoms with Crippen LogP contribution in [0.15, 0.2) is 120 Å². The minimum atomic E-state index is -3.52. The van der Waals surface area contributed by atoms with Crippen molar-refractivity contribution in [1.29, 1.82) is 0 Å². The van der Waals surface area contributed by atoms with E-state index < -0.39 is 13.3 Å². The summed E-state index contributed by atoms with van der Waals surface area (Å²) in [5.74, 6) is -0.748. The van der Waals surface area contributed by atoms with Crippen LogP contribution in [0, 0.1) is 11.7 Å². The molecule has 4 aromatic carbocycles. The summed E-state index contributed by atoms with van der Waals surface area (Å²) in [7, 11) is -3.52. The number of nitrogens with one attached hydrogen (secondary N) is 1. The number of benzene rings is 4. The molecular weight excluding hydrogens is 470 g/mol. The van der Waals surface area contributed by atoms with Crippen LogP contribution in [0.3, 0.4) is 0 Å². The van der Waals surface area contributed by atoms with Crippen molar-refractivity contribution in [2.45, 2.75) is 19.9 Å². The third-order valence-electron chi connectivity index (χ3n) is 5.88. The van der Waals surface area contributed by atoms with Crippen LogP contribution in [0.2, 0.25) is 0 Å². The minimum absolute atomic E-state index is 0.0959. The number of hydrogen-bond acceptors (Lipinski definition) is 2. The highest BCUT2D eigenvalue weighted by Crippen LogP contribution is 2.46. The third-order valence-corrected chi connectivity index (χ3v) is 8.38. The van der Waals surface area contributed by atoms with E-state index in [2.05, 4.69) is 5.32 Å². The number of amides is 1. The van der Waals surface area contributed by atoms with Gasteiger partial charge in [-0.25, -0.2) is 9.15 Å². The molecule has 0 unspecified atom stereocenters. The Kier molecular flexibility index (Phi) is 7.92. The molecule has 0 aliphatic rings. The second kappa shape index (κ2) is 11.3. The zero-order chi connectivity index (χ0) is 25.5. The highest BCUT2D eigenvalue weighted by atomic mass is 31.2. The SMILES string of the molecule is CC(C)[C@H](NC(=O)c1ccccc1)/C(=N\P(=O)(c1ccccc1)c1ccccc1)c1ccc(F)cc1. The van der Waals surface area contributed by atoms with Gasteiger partial charge in [-0.2, -0.15) is 0 Å². The highest BCUT2D eigenvalue weighted by Gasteiger charge is 2.31. The van der Waals surface area contributed by atoms with Crippen LogP contribution in [0.25, 0.3) is 0 Å². The van der Waals surface area contributed by atoms with E-state index in [1.165, 1.54) is 12.1 Å². The molecule has 0 bridgehead atoms.